The highest BCUT2D eigenvalue weighted by molar-refractivity contribution is 5.71. The molecule has 3 nitrogen and oxygen atoms in total. The van der Waals surface area contributed by atoms with E-state index in [1.807, 2.05) is 0 Å². The number of ether oxygens (including phenoxy) is 1. The summed E-state index contributed by atoms with van der Waals surface area (Å²) in [5, 5.41) is 3.01. The number of hydrogen-bond acceptors (Lipinski definition) is 3. The van der Waals surface area contributed by atoms with Crippen LogP contribution < -0.4 is 5.32 Å². The van der Waals surface area contributed by atoms with Gasteiger partial charge in [0.05, 0.1) is 7.11 Å². The molecule has 1 rings (SSSR count). The third-order valence-electron chi connectivity index (χ3n) is 1.69. The van der Waals surface area contributed by atoms with Crippen LogP contribution in [0.15, 0.2) is 23.9 Å². The Labute approximate surface area is 72.1 Å². The summed E-state index contributed by atoms with van der Waals surface area (Å²) in [6, 6.07) is 0. The standard InChI is InChI=1S/C9H13NO2/c1-12-9(11)7-10-8-5-3-2-4-6-8/h2-3,6,10H,4-5,7H2,1H3. The molecule has 0 radical (unpaired) electrons. The van der Waals surface area contributed by atoms with Gasteiger partial charge >= 0.3 is 5.97 Å². The maximum atomic E-state index is 10.7. The number of carbonyl (C=O) groups excluding carboxylic acids is 1. The second-order valence-electron chi connectivity index (χ2n) is 2.57. The number of hydrogen-bond donors (Lipinski definition) is 1. The van der Waals surface area contributed by atoms with Crippen molar-refractivity contribution in [1.82, 2.24) is 5.32 Å². The molecule has 0 aromatic rings. The molecular weight excluding hydrogens is 154 g/mol. The van der Waals surface area contributed by atoms with Gasteiger partial charge in [-0.2, -0.15) is 0 Å². The second kappa shape index (κ2) is 4.59. The Morgan fingerprint density at radius 2 is 2.50 bits per heavy atom. The van der Waals surface area contributed by atoms with E-state index in [2.05, 4.69) is 28.3 Å². The van der Waals surface area contributed by atoms with Gasteiger partial charge in [-0.25, -0.2) is 0 Å². The average Bonchev–Trinajstić information content (AvgIpc) is 2.16. The SMILES string of the molecule is COC(=O)CNC1=CCC=CC1. The number of allylic oxidation sites excluding steroid dienone is 3. The number of carbonyl (C=O) groups is 1. The molecule has 1 aliphatic carbocycles. The molecule has 0 aromatic heterocycles. The number of esters is 1. The van der Waals surface area contributed by atoms with Crippen LogP contribution in [0.4, 0.5) is 0 Å². The Balaban J connectivity index is 2.23. The molecule has 0 heterocycles. The largest absolute Gasteiger partial charge is 0.468 e. The molecule has 0 saturated heterocycles. The molecule has 0 bridgehead atoms. The third kappa shape index (κ3) is 2.78. The van der Waals surface area contributed by atoms with Crippen LogP contribution in [-0.2, 0) is 9.53 Å². The van der Waals surface area contributed by atoms with E-state index in [0.717, 1.165) is 18.5 Å². The lowest BCUT2D eigenvalue weighted by Crippen LogP contribution is -2.23. The fraction of sp³-hybridized carbons (Fsp3) is 0.444. The first kappa shape index (κ1) is 8.84. The Morgan fingerprint density at radius 1 is 1.67 bits per heavy atom. The van der Waals surface area contributed by atoms with Crippen LogP contribution in [-0.4, -0.2) is 19.6 Å². The highest BCUT2D eigenvalue weighted by Gasteiger charge is 2.01. The Morgan fingerprint density at radius 3 is 3.08 bits per heavy atom. The van der Waals surface area contributed by atoms with Gasteiger partial charge < -0.3 is 10.1 Å². The molecular formula is C9H13NO2. The first-order valence-corrected chi connectivity index (χ1v) is 3.97. The molecule has 0 aromatic carbocycles. The van der Waals surface area contributed by atoms with Crippen molar-refractivity contribution < 1.29 is 9.53 Å². The van der Waals surface area contributed by atoms with Crippen LogP contribution in [0.2, 0.25) is 0 Å². The van der Waals surface area contributed by atoms with Crippen molar-refractivity contribution >= 4 is 5.97 Å². The zero-order chi connectivity index (χ0) is 8.81. The minimum Gasteiger partial charge on any atom is -0.468 e. The molecule has 66 valence electrons. The predicted molar refractivity (Wildman–Crippen MR) is 46.5 cm³/mol. The number of rotatable bonds is 3. The molecule has 0 atom stereocenters. The number of methoxy groups -OCH3 is 1. The average molecular weight is 167 g/mol. The van der Waals surface area contributed by atoms with E-state index < -0.39 is 0 Å². The first-order valence-electron chi connectivity index (χ1n) is 3.97. The lowest BCUT2D eigenvalue weighted by Gasteiger charge is -2.09. The highest BCUT2D eigenvalue weighted by atomic mass is 16.5. The number of nitrogens with one attached hydrogen (secondary N) is 1. The van der Waals surface area contributed by atoms with Gasteiger partial charge in [-0.05, 0) is 6.42 Å². The minimum absolute atomic E-state index is 0.231. The van der Waals surface area contributed by atoms with Gasteiger partial charge in [-0.1, -0.05) is 18.2 Å². The summed E-state index contributed by atoms with van der Waals surface area (Å²) in [7, 11) is 1.39. The van der Waals surface area contributed by atoms with Gasteiger partial charge in [0.2, 0.25) is 0 Å². The van der Waals surface area contributed by atoms with Crippen molar-refractivity contribution in [3.05, 3.63) is 23.9 Å². The molecule has 12 heavy (non-hydrogen) atoms. The van der Waals surface area contributed by atoms with Crippen molar-refractivity contribution in [3.63, 3.8) is 0 Å². The van der Waals surface area contributed by atoms with E-state index in [1.54, 1.807) is 0 Å². The van der Waals surface area contributed by atoms with Crippen LogP contribution in [0.1, 0.15) is 12.8 Å². The topological polar surface area (TPSA) is 38.3 Å². The van der Waals surface area contributed by atoms with Crippen molar-refractivity contribution in [3.8, 4) is 0 Å². The fourth-order valence-electron chi connectivity index (χ4n) is 1.00. The second-order valence-corrected chi connectivity index (χ2v) is 2.57. The van der Waals surface area contributed by atoms with Crippen LogP contribution in [0, 0.1) is 0 Å². The van der Waals surface area contributed by atoms with Gasteiger partial charge in [-0.15, -0.1) is 0 Å². The van der Waals surface area contributed by atoms with Gasteiger partial charge in [0.1, 0.15) is 6.54 Å². The summed E-state index contributed by atoms with van der Waals surface area (Å²) in [5.41, 5.74) is 1.10. The van der Waals surface area contributed by atoms with Gasteiger partial charge in [-0.3, -0.25) is 4.79 Å². The summed E-state index contributed by atoms with van der Waals surface area (Å²) < 4.78 is 4.49. The van der Waals surface area contributed by atoms with Crippen LogP contribution in [0.3, 0.4) is 0 Å². The quantitative estimate of drug-likeness (QED) is 0.503. The van der Waals surface area contributed by atoms with E-state index in [9.17, 15) is 4.79 Å². The van der Waals surface area contributed by atoms with E-state index in [4.69, 9.17) is 0 Å². The van der Waals surface area contributed by atoms with Crippen LogP contribution >= 0.6 is 0 Å². The van der Waals surface area contributed by atoms with E-state index in [1.165, 1.54) is 7.11 Å². The van der Waals surface area contributed by atoms with Gasteiger partial charge in [0, 0.05) is 12.1 Å². The summed E-state index contributed by atoms with van der Waals surface area (Å²) in [4.78, 5) is 10.7. The smallest absolute Gasteiger partial charge is 0.325 e. The summed E-state index contributed by atoms with van der Waals surface area (Å²) in [6.45, 7) is 0.260. The fourth-order valence-corrected chi connectivity index (χ4v) is 1.00. The van der Waals surface area contributed by atoms with Gasteiger partial charge in [0.15, 0.2) is 0 Å². The van der Waals surface area contributed by atoms with Gasteiger partial charge in [0.25, 0.3) is 0 Å². The normalized spacial score (nSPS) is 15.2. The van der Waals surface area contributed by atoms with Crippen LogP contribution in [0.5, 0.6) is 0 Å². The van der Waals surface area contributed by atoms with Crippen molar-refractivity contribution in [1.29, 1.82) is 0 Å². The first-order chi connectivity index (χ1) is 5.83. The van der Waals surface area contributed by atoms with E-state index >= 15 is 0 Å². The van der Waals surface area contributed by atoms with E-state index in [-0.39, 0.29) is 12.5 Å². The summed E-state index contributed by atoms with van der Waals surface area (Å²) in [6.07, 6.45) is 8.09. The molecule has 0 amide bonds. The summed E-state index contributed by atoms with van der Waals surface area (Å²) in [5.74, 6) is -0.231. The van der Waals surface area contributed by atoms with Crippen LogP contribution in [0.25, 0.3) is 0 Å². The lowest BCUT2D eigenvalue weighted by molar-refractivity contribution is -0.139. The molecule has 0 aliphatic heterocycles. The van der Waals surface area contributed by atoms with E-state index in [0.29, 0.717) is 0 Å². The molecule has 0 fully saturated rings. The molecule has 0 spiro atoms. The van der Waals surface area contributed by atoms with Crippen molar-refractivity contribution in [2.24, 2.45) is 0 Å². The lowest BCUT2D eigenvalue weighted by atomic mass is 10.1. The molecule has 0 unspecified atom stereocenters. The molecule has 3 heteroatoms. The Bertz CT molecular complexity index is 219. The molecule has 1 aliphatic rings. The third-order valence-corrected chi connectivity index (χ3v) is 1.69. The molecule has 1 N–H and O–H groups in total. The highest BCUT2D eigenvalue weighted by Crippen LogP contribution is 2.06. The minimum atomic E-state index is -0.231. The van der Waals surface area contributed by atoms with Crippen molar-refractivity contribution in [2.75, 3.05) is 13.7 Å². The predicted octanol–water partition coefficient (Wildman–Crippen LogP) is 0.983. The Hall–Kier alpha value is -1.25. The zero-order valence-corrected chi connectivity index (χ0v) is 7.17. The molecule has 0 saturated carbocycles. The maximum absolute atomic E-state index is 10.7. The monoisotopic (exact) mass is 167 g/mol. The van der Waals surface area contributed by atoms with Crippen molar-refractivity contribution in [2.45, 2.75) is 12.8 Å². The maximum Gasteiger partial charge on any atom is 0.325 e. The summed E-state index contributed by atoms with van der Waals surface area (Å²) >= 11 is 0. The zero-order valence-electron chi connectivity index (χ0n) is 7.17. The Kier molecular flexibility index (Phi) is 3.38.